The van der Waals surface area contributed by atoms with E-state index in [2.05, 4.69) is 27.3 Å². The molecule has 0 unspecified atom stereocenters. The summed E-state index contributed by atoms with van der Waals surface area (Å²) in [5.74, 6) is 1.09. The third-order valence-corrected chi connectivity index (χ3v) is 5.42. The fraction of sp³-hybridized carbons (Fsp3) is 0.684. The van der Waals surface area contributed by atoms with Gasteiger partial charge in [0.05, 0.1) is 5.41 Å². The Morgan fingerprint density at radius 1 is 1.15 bits per heavy atom. The highest BCUT2D eigenvalue weighted by atomic mass is 35.5. The average Bonchev–Trinajstić information content (AvgIpc) is 2.92. The van der Waals surface area contributed by atoms with Crippen molar-refractivity contribution in [3.8, 4) is 0 Å². The first-order chi connectivity index (χ1) is 11.6. The molecule has 0 atom stereocenters. The minimum atomic E-state index is -0.445. The summed E-state index contributed by atoms with van der Waals surface area (Å²) in [6.45, 7) is 7.12. The first kappa shape index (κ1) is 25.0. The van der Waals surface area contributed by atoms with Crippen LogP contribution in [-0.4, -0.2) is 30.5 Å². The van der Waals surface area contributed by atoms with Gasteiger partial charge in [-0.05, 0) is 37.3 Å². The van der Waals surface area contributed by atoms with Crippen molar-refractivity contribution in [2.45, 2.75) is 58.9 Å². The molecule has 5 nitrogen and oxygen atoms in total. The molecule has 0 aliphatic carbocycles. The molecule has 0 aromatic carbocycles. The maximum atomic E-state index is 12.5. The number of nitrogens with two attached hydrogens (primary N) is 1. The number of carbonyl (C=O) groups excluding carboxylic acids is 1. The molecule has 0 bridgehead atoms. The smallest absolute Gasteiger partial charge is 0.227 e. The number of carbonyl (C=O) groups is 1. The lowest BCUT2D eigenvalue weighted by atomic mass is 9.81. The van der Waals surface area contributed by atoms with E-state index in [1.807, 2.05) is 20.0 Å². The summed E-state index contributed by atoms with van der Waals surface area (Å²) < 4.78 is 0. The van der Waals surface area contributed by atoms with Gasteiger partial charge in [-0.3, -0.25) is 4.79 Å². The Labute approximate surface area is 170 Å². The Morgan fingerprint density at radius 3 is 2.23 bits per heavy atom. The van der Waals surface area contributed by atoms with E-state index in [0.717, 1.165) is 37.3 Å². The Bertz CT molecular complexity index is 505. The lowest BCUT2D eigenvalue weighted by molar-refractivity contribution is -0.131. The van der Waals surface area contributed by atoms with Crippen LogP contribution in [0, 0.1) is 5.41 Å². The van der Waals surface area contributed by atoms with Crippen molar-refractivity contribution >= 4 is 36.5 Å². The zero-order valence-electron chi connectivity index (χ0n) is 16.0. The lowest BCUT2D eigenvalue weighted by Gasteiger charge is -2.28. The summed E-state index contributed by atoms with van der Waals surface area (Å²) in [7, 11) is 0. The largest absolute Gasteiger partial charge is 0.357 e. The third-order valence-electron chi connectivity index (χ3n) is 5.42. The molecule has 150 valence electrons. The number of anilines is 1. The van der Waals surface area contributed by atoms with E-state index in [4.69, 9.17) is 5.73 Å². The minimum Gasteiger partial charge on any atom is -0.357 e. The fourth-order valence-corrected chi connectivity index (χ4v) is 3.33. The number of amides is 1. The standard InChI is InChI=1S/C19H32N4O.2ClH/c1-3-19(4-2,15-20)18(24)22-14-16-9-10-17(21-13-16)23-11-7-5-6-8-12-23;;/h9-10,13H,3-8,11-12,14-15,20H2,1-2H3,(H,22,24);2*1H. The van der Waals surface area contributed by atoms with Crippen LogP contribution in [0.4, 0.5) is 5.82 Å². The highest BCUT2D eigenvalue weighted by molar-refractivity contribution is 5.85. The van der Waals surface area contributed by atoms with Gasteiger partial charge in [0, 0.05) is 32.4 Å². The molecule has 2 heterocycles. The molecule has 0 saturated carbocycles. The monoisotopic (exact) mass is 404 g/mol. The molecule has 0 spiro atoms. The van der Waals surface area contributed by atoms with Gasteiger partial charge < -0.3 is 16.0 Å². The van der Waals surface area contributed by atoms with Crippen molar-refractivity contribution in [1.29, 1.82) is 0 Å². The number of aromatic nitrogens is 1. The Balaban J connectivity index is 0.00000312. The average molecular weight is 405 g/mol. The van der Waals surface area contributed by atoms with Gasteiger partial charge >= 0.3 is 0 Å². The van der Waals surface area contributed by atoms with E-state index in [-0.39, 0.29) is 30.7 Å². The molecule has 3 N–H and O–H groups in total. The fourth-order valence-electron chi connectivity index (χ4n) is 3.33. The first-order valence-corrected chi connectivity index (χ1v) is 9.33. The summed E-state index contributed by atoms with van der Waals surface area (Å²) in [4.78, 5) is 19.4. The molecular formula is C19H34Cl2N4O. The number of nitrogens with one attached hydrogen (secondary N) is 1. The van der Waals surface area contributed by atoms with Gasteiger partial charge in [-0.15, -0.1) is 24.8 Å². The third kappa shape index (κ3) is 6.29. The lowest BCUT2D eigenvalue weighted by Crippen LogP contribution is -2.45. The van der Waals surface area contributed by atoms with Crippen LogP contribution < -0.4 is 16.0 Å². The van der Waals surface area contributed by atoms with E-state index < -0.39 is 5.41 Å². The quantitative estimate of drug-likeness (QED) is 0.726. The molecule has 1 amide bonds. The van der Waals surface area contributed by atoms with Crippen LogP contribution in [0.2, 0.25) is 0 Å². The van der Waals surface area contributed by atoms with Crippen LogP contribution in [0.25, 0.3) is 0 Å². The van der Waals surface area contributed by atoms with Gasteiger partial charge in [-0.1, -0.05) is 32.8 Å². The maximum Gasteiger partial charge on any atom is 0.227 e. The topological polar surface area (TPSA) is 71.2 Å². The zero-order chi connectivity index (χ0) is 17.4. The van der Waals surface area contributed by atoms with Gasteiger partial charge in [0.15, 0.2) is 0 Å². The molecule has 26 heavy (non-hydrogen) atoms. The molecule has 1 aliphatic heterocycles. The van der Waals surface area contributed by atoms with Crippen LogP contribution >= 0.6 is 24.8 Å². The SMILES string of the molecule is CCC(CC)(CN)C(=O)NCc1ccc(N2CCCCCC2)nc1.Cl.Cl. The molecule has 0 radical (unpaired) electrons. The molecule has 2 rings (SSSR count). The zero-order valence-corrected chi connectivity index (χ0v) is 17.6. The van der Waals surface area contributed by atoms with Crippen molar-refractivity contribution in [1.82, 2.24) is 10.3 Å². The molecular weight excluding hydrogens is 371 g/mol. The van der Waals surface area contributed by atoms with Crippen LogP contribution in [-0.2, 0) is 11.3 Å². The van der Waals surface area contributed by atoms with E-state index in [1.165, 1.54) is 25.7 Å². The molecule has 1 aromatic rings. The Morgan fingerprint density at radius 2 is 1.77 bits per heavy atom. The second-order valence-corrected chi connectivity index (χ2v) is 6.80. The number of halogens is 2. The van der Waals surface area contributed by atoms with Crippen molar-refractivity contribution in [2.75, 3.05) is 24.5 Å². The number of hydrogen-bond acceptors (Lipinski definition) is 4. The summed E-state index contributed by atoms with van der Waals surface area (Å²) >= 11 is 0. The van der Waals surface area contributed by atoms with Crippen LogP contribution in [0.1, 0.15) is 57.9 Å². The number of rotatable bonds is 7. The molecule has 1 fully saturated rings. The van der Waals surface area contributed by atoms with E-state index in [0.29, 0.717) is 13.1 Å². The summed E-state index contributed by atoms with van der Waals surface area (Å²) in [5.41, 5.74) is 6.42. The molecule has 1 aliphatic rings. The number of hydrogen-bond donors (Lipinski definition) is 2. The Hall–Kier alpha value is -1.04. The van der Waals surface area contributed by atoms with Gasteiger partial charge in [-0.2, -0.15) is 0 Å². The van der Waals surface area contributed by atoms with Gasteiger partial charge in [0.1, 0.15) is 5.82 Å². The molecule has 7 heteroatoms. The van der Waals surface area contributed by atoms with Crippen LogP contribution in [0.5, 0.6) is 0 Å². The highest BCUT2D eigenvalue weighted by Crippen LogP contribution is 2.25. The van der Waals surface area contributed by atoms with Crippen LogP contribution in [0.3, 0.4) is 0 Å². The highest BCUT2D eigenvalue weighted by Gasteiger charge is 2.32. The summed E-state index contributed by atoms with van der Waals surface area (Å²) in [6, 6.07) is 4.14. The number of nitrogens with zero attached hydrogens (tertiary/aromatic N) is 2. The number of pyridine rings is 1. The van der Waals surface area contributed by atoms with E-state index in [1.54, 1.807) is 0 Å². The van der Waals surface area contributed by atoms with Gasteiger partial charge in [-0.25, -0.2) is 4.98 Å². The second-order valence-electron chi connectivity index (χ2n) is 6.80. The summed E-state index contributed by atoms with van der Waals surface area (Å²) in [5, 5.41) is 3.03. The molecule has 1 aromatic heterocycles. The minimum absolute atomic E-state index is 0. The second kappa shape index (κ2) is 12.4. The summed E-state index contributed by atoms with van der Waals surface area (Å²) in [6.07, 6.45) is 8.53. The van der Waals surface area contributed by atoms with Crippen LogP contribution in [0.15, 0.2) is 18.3 Å². The van der Waals surface area contributed by atoms with E-state index in [9.17, 15) is 4.79 Å². The van der Waals surface area contributed by atoms with Crippen molar-refractivity contribution in [2.24, 2.45) is 11.1 Å². The van der Waals surface area contributed by atoms with Crippen molar-refractivity contribution < 1.29 is 4.79 Å². The Kier molecular flexibility index (Phi) is 11.9. The predicted octanol–water partition coefficient (Wildman–Crippen LogP) is 3.69. The van der Waals surface area contributed by atoms with E-state index >= 15 is 0 Å². The predicted molar refractivity (Wildman–Crippen MR) is 113 cm³/mol. The van der Waals surface area contributed by atoms with Crippen molar-refractivity contribution in [3.63, 3.8) is 0 Å². The van der Waals surface area contributed by atoms with Gasteiger partial charge in [0.2, 0.25) is 5.91 Å². The first-order valence-electron chi connectivity index (χ1n) is 9.33. The van der Waals surface area contributed by atoms with Gasteiger partial charge in [0.25, 0.3) is 0 Å². The maximum absolute atomic E-state index is 12.5. The normalized spacial score (nSPS) is 14.7. The molecule has 1 saturated heterocycles. The van der Waals surface area contributed by atoms with Crippen molar-refractivity contribution in [3.05, 3.63) is 23.9 Å².